The Kier molecular flexibility index (Phi) is 5.61. The van der Waals surface area contributed by atoms with Gasteiger partial charge < -0.3 is 10.1 Å². The predicted molar refractivity (Wildman–Crippen MR) is 117 cm³/mol. The van der Waals surface area contributed by atoms with Gasteiger partial charge in [-0.2, -0.15) is 0 Å². The third-order valence-electron chi connectivity index (χ3n) is 4.67. The molecule has 0 radical (unpaired) electrons. The highest BCUT2D eigenvalue weighted by molar-refractivity contribution is 7.90. The van der Waals surface area contributed by atoms with Crippen LogP contribution in [-0.2, 0) is 23.0 Å². The molecule has 1 aliphatic heterocycles. The molecule has 2 heterocycles. The van der Waals surface area contributed by atoms with Crippen LogP contribution >= 0.6 is 11.6 Å². The zero-order valence-corrected chi connectivity index (χ0v) is 17.7. The number of aromatic nitrogens is 1. The molecule has 1 aromatic heterocycles. The second-order valence-corrected chi connectivity index (χ2v) is 8.66. The summed E-state index contributed by atoms with van der Waals surface area (Å²) in [5.41, 5.74) is 2.79. The molecule has 1 aliphatic rings. The minimum Gasteiger partial charge on any atom is -0.495 e. The van der Waals surface area contributed by atoms with E-state index in [2.05, 4.69) is 20.0 Å². The molecule has 0 unspecified atom stereocenters. The SMILES string of the molecule is COc1cccnc1CN=C1Nc2c(Cc3ccccc3Cl)cccc2S(=O)(=O)N1. The highest BCUT2D eigenvalue weighted by Gasteiger charge is 2.28. The first kappa shape index (κ1) is 20.2. The summed E-state index contributed by atoms with van der Waals surface area (Å²) < 4.78 is 33.3. The molecule has 0 amide bonds. The molecule has 0 saturated carbocycles. The number of hydrogen-bond donors (Lipinski definition) is 2. The van der Waals surface area contributed by atoms with Crippen molar-refractivity contribution in [2.24, 2.45) is 4.99 Å². The smallest absolute Gasteiger partial charge is 0.266 e. The van der Waals surface area contributed by atoms with Crippen LogP contribution in [0.2, 0.25) is 5.02 Å². The van der Waals surface area contributed by atoms with E-state index in [-0.39, 0.29) is 17.4 Å². The van der Waals surface area contributed by atoms with Gasteiger partial charge in [0.15, 0.2) is 0 Å². The highest BCUT2D eigenvalue weighted by atomic mass is 35.5. The normalized spacial score (nSPS) is 15.7. The summed E-state index contributed by atoms with van der Waals surface area (Å²) in [7, 11) is -2.22. The summed E-state index contributed by atoms with van der Waals surface area (Å²) in [5.74, 6) is 0.710. The highest BCUT2D eigenvalue weighted by Crippen LogP contribution is 2.31. The maximum absolute atomic E-state index is 12.8. The lowest BCUT2D eigenvalue weighted by molar-refractivity contribution is 0.407. The van der Waals surface area contributed by atoms with Gasteiger partial charge in [0.2, 0.25) is 5.96 Å². The van der Waals surface area contributed by atoms with E-state index < -0.39 is 10.0 Å². The van der Waals surface area contributed by atoms with Crippen LogP contribution in [0.3, 0.4) is 0 Å². The van der Waals surface area contributed by atoms with Crippen LogP contribution in [0.1, 0.15) is 16.8 Å². The van der Waals surface area contributed by atoms with Crippen molar-refractivity contribution < 1.29 is 13.2 Å². The fourth-order valence-corrected chi connectivity index (χ4v) is 4.61. The van der Waals surface area contributed by atoms with Gasteiger partial charge in [-0.3, -0.25) is 4.98 Å². The second-order valence-electron chi connectivity index (χ2n) is 6.61. The molecule has 3 aromatic rings. The molecular formula is C21H19ClN4O3S. The van der Waals surface area contributed by atoms with Gasteiger partial charge in [0.05, 0.1) is 19.3 Å². The van der Waals surface area contributed by atoms with Crippen LogP contribution in [0.25, 0.3) is 0 Å². The van der Waals surface area contributed by atoms with Gasteiger partial charge in [0.25, 0.3) is 10.0 Å². The van der Waals surface area contributed by atoms with Gasteiger partial charge in [-0.1, -0.05) is 41.9 Å². The van der Waals surface area contributed by atoms with E-state index in [1.54, 1.807) is 37.6 Å². The number of anilines is 1. The van der Waals surface area contributed by atoms with Crippen LogP contribution in [0.15, 0.2) is 70.7 Å². The maximum Gasteiger partial charge on any atom is 0.266 e. The van der Waals surface area contributed by atoms with Crippen LogP contribution < -0.4 is 14.8 Å². The van der Waals surface area contributed by atoms with E-state index in [0.29, 0.717) is 28.6 Å². The Labute approximate surface area is 179 Å². The second kappa shape index (κ2) is 8.33. The molecule has 4 rings (SSSR count). The number of hydrogen-bond acceptors (Lipinski definition) is 5. The van der Waals surface area contributed by atoms with Crippen LogP contribution in [0, 0.1) is 0 Å². The number of para-hydroxylation sites is 1. The minimum atomic E-state index is -3.76. The van der Waals surface area contributed by atoms with Crippen molar-refractivity contribution in [2.75, 3.05) is 12.4 Å². The number of sulfonamides is 1. The Bertz CT molecular complexity index is 1230. The van der Waals surface area contributed by atoms with E-state index >= 15 is 0 Å². The summed E-state index contributed by atoms with van der Waals surface area (Å²) in [6.45, 7) is 0.150. The number of ether oxygens (including phenoxy) is 1. The van der Waals surface area contributed by atoms with E-state index in [4.69, 9.17) is 16.3 Å². The average molecular weight is 443 g/mol. The average Bonchev–Trinajstić information content (AvgIpc) is 2.74. The molecule has 2 N–H and O–H groups in total. The number of halogens is 1. The van der Waals surface area contributed by atoms with Crippen molar-refractivity contribution in [1.82, 2.24) is 9.71 Å². The van der Waals surface area contributed by atoms with E-state index in [9.17, 15) is 8.42 Å². The van der Waals surface area contributed by atoms with E-state index in [0.717, 1.165) is 11.1 Å². The first-order chi connectivity index (χ1) is 14.5. The topological polar surface area (TPSA) is 92.7 Å². The molecule has 0 aliphatic carbocycles. The number of pyridine rings is 1. The number of methoxy groups -OCH3 is 1. The number of fused-ring (bicyclic) bond motifs is 1. The van der Waals surface area contributed by atoms with Gasteiger partial charge in [-0.15, -0.1) is 0 Å². The van der Waals surface area contributed by atoms with Crippen molar-refractivity contribution in [3.8, 4) is 5.75 Å². The Morgan fingerprint density at radius 2 is 1.87 bits per heavy atom. The lowest BCUT2D eigenvalue weighted by Gasteiger charge is -2.24. The van der Waals surface area contributed by atoms with Gasteiger partial charge >= 0.3 is 0 Å². The van der Waals surface area contributed by atoms with Gasteiger partial charge in [0, 0.05) is 17.6 Å². The zero-order chi connectivity index (χ0) is 21.1. The van der Waals surface area contributed by atoms with E-state index in [1.165, 1.54) is 0 Å². The largest absolute Gasteiger partial charge is 0.495 e. The Hall–Kier alpha value is -3.10. The maximum atomic E-state index is 12.8. The number of nitrogens with one attached hydrogen (secondary N) is 2. The number of rotatable bonds is 5. The third kappa shape index (κ3) is 4.10. The monoisotopic (exact) mass is 442 g/mol. The van der Waals surface area contributed by atoms with Gasteiger partial charge in [-0.05, 0) is 35.4 Å². The molecule has 0 atom stereocenters. The van der Waals surface area contributed by atoms with Crippen molar-refractivity contribution in [2.45, 2.75) is 17.9 Å². The number of aliphatic imine (C=N–C) groups is 1. The molecule has 0 fully saturated rings. The first-order valence-electron chi connectivity index (χ1n) is 9.15. The lowest BCUT2D eigenvalue weighted by Crippen LogP contribution is -2.41. The molecular weight excluding hydrogens is 424 g/mol. The number of nitrogens with zero attached hydrogens (tertiary/aromatic N) is 2. The Morgan fingerprint density at radius 1 is 1.07 bits per heavy atom. The summed E-state index contributed by atoms with van der Waals surface area (Å²) in [4.78, 5) is 8.78. The van der Waals surface area contributed by atoms with Crippen LogP contribution in [0.4, 0.5) is 5.69 Å². The number of guanidine groups is 1. The summed E-state index contributed by atoms with van der Waals surface area (Å²) in [6.07, 6.45) is 2.11. The summed E-state index contributed by atoms with van der Waals surface area (Å²) >= 11 is 6.29. The van der Waals surface area contributed by atoms with E-state index in [1.807, 2.05) is 30.3 Å². The predicted octanol–water partition coefficient (Wildman–Crippen LogP) is 3.59. The Morgan fingerprint density at radius 3 is 2.67 bits per heavy atom. The van der Waals surface area contributed by atoms with Crippen molar-refractivity contribution in [3.05, 3.63) is 82.6 Å². The Balaban J connectivity index is 1.68. The fourth-order valence-electron chi connectivity index (χ4n) is 3.22. The molecule has 7 nitrogen and oxygen atoms in total. The fraction of sp³-hybridized carbons (Fsp3) is 0.143. The number of benzene rings is 2. The molecule has 0 spiro atoms. The molecule has 2 aromatic carbocycles. The summed E-state index contributed by atoms with van der Waals surface area (Å²) in [5, 5.41) is 3.74. The molecule has 9 heteroatoms. The van der Waals surface area contributed by atoms with Crippen LogP contribution in [-0.4, -0.2) is 26.5 Å². The molecule has 154 valence electrons. The first-order valence-corrected chi connectivity index (χ1v) is 11.0. The quantitative estimate of drug-likeness (QED) is 0.629. The molecule has 0 saturated heterocycles. The van der Waals surface area contributed by atoms with Crippen molar-refractivity contribution in [1.29, 1.82) is 0 Å². The van der Waals surface area contributed by atoms with Crippen molar-refractivity contribution >= 4 is 33.3 Å². The van der Waals surface area contributed by atoms with Gasteiger partial charge in [0.1, 0.15) is 16.3 Å². The lowest BCUT2D eigenvalue weighted by atomic mass is 10.0. The minimum absolute atomic E-state index is 0.127. The van der Waals surface area contributed by atoms with Crippen LogP contribution in [0.5, 0.6) is 5.75 Å². The zero-order valence-electron chi connectivity index (χ0n) is 16.1. The molecule has 0 bridgehead atoms. The third-order valence-corrected chi connectivity index (χ3v) is 6.42. The standard InChI is InChI=1S/C21H19ClN4O3S/c1-29-18-9-5-11-23-17(18)13-24-21-25-20-15(12-14-6-2-3-8-16(14)22)7-4-10-19(20)30(27,28)26-21/h2-11H,12-13H2,1H3,(H2,24,25,26). The van der Waals surface area contributed by atoms with Gasteiger partial charge in [-0.25, -0.2) is 18.1 Å². The molecule has 30 heavy (non-hydrogen) atoms. The van der Waals surface area contributed by atoms with Crippen molar-refractivity contribution in [3.63, 3.8) is 0 Å². The summed E-state index contributed by atoms with van der Waals surface area (Å²) in [6, 6.07) is 16.2.